The average molecular weight is 279 g/mol. The highest BCUT2D eigenvalue weighted by molar-refractivity contribution is 6.10. The number of aromatic nitrogens is 1. The number of hydrogen-bond donors (Lipinski definition) is 1. The fraction of sp³-hybridized carbons (Fsp3) is 0.200. The van der Waals surface area contributed by atoms with Crippen LogP contribution in [-0.2, 0) is 0 Å². The van der Waals surface area contributed by atoms with E-state index in [2.05, 4.69) is 10.5 Å². The zero-order valence-electron chi connectivity index (χ0n) is 11.7. The Kier molecular flexibility index (Phi) is 4.01. The van der Waals surface area contributed by atoms with E-state index in [4.69, 9.17) is 10.5 Å². The second-order valence-corrected chi connectivity index (χ2v) is 4.68. The van der Waals surface area contributed by atoms with E-state index in [1.54, 1.807) is 41.1 Å². The molecule has 6 nitrogen and oxygen atoms in total. The Labute approximate surface area is 121 Å². The van der Waals surface area contributed by atoms with E-state index in [0.717, 1.165) is 0 Å². The second kappa shape index (κ2) is 5.89. The molecule has 21 heavy (non-hydrogen) atoms. The van der Waals surface area contributed by atoms with Gasteiger partial charge in [0, 0.05) is 23.0 Å². The van der Waals surface area contributed by atoms with Crippen LogP contribution in [0.25, 0.3) is 10.8 Å². The van der Waals surface area contributed by atoms with Gasteiger partial charge >= 0.3 is 0 Å². The van der Waals surface area contributed by atoms with Crippen LogP contribution in [0.1, 0.15) is 19.9 Å². The number of fused-ring (bicyclic) bond motifs is 1. The zero-order valence-corrected chi connectivity index (χ0v) is 11.7. The van der Waals surface area contributed by atoms with Crippen molar-refractivity contribution in [2.75, 3.05) is 5.43 Å². The average Bonchev–Trinajstić information content (AvgIpc) is 2.48. The predicted molar refractivity (Wildman–Crippen MR) is 80.9 cm³/mol. The maximum absolute atomic E-state index is 12.4. The van der Waals surface area contributed by atoms with Gasteiger partial charge in [-0.1, -0.05) is 6.07 Å². The summed E-state index contributed by atoms with van der Waals surface area (Å²) >= 11 is 0. The third-order valence-electron chi connectivity index (χ3n) is 3.03. The van der Waals surface area contributed by atoms with E-state index in [0.29, 0.717) is 16.5 Å². The van der Waals surface area contributed by atoms with Gasteiger partial charge in [0.15, 0.2) is 0 Å². The molecule has 0 aliphatic rings. The van der Waals surface area contributed by atoms with Crippen LogP contribution in [0.4, 0.5) is 5.69 Å². The summed E-state index contributed by atoms with van der Waals surface area (Å²) in [6, 6.07) is 10.4. The molecule has 2 aromatic rings. The van der Waals surface area contributed by atoms with Gasteiger partial charge in [-0.3, -0.25) is 10.2 Å². The minimum atomic E-state index is -0.275. The third-order valence-corrected chi connectivity index (χ3v) is 3.03. The SMILES string of the molecule is CC(C)n1ccc2c(NN=C(C#N)C#N)cccc2c1=O. The summed E-state index contributed by atoms with van der Waals surface area (Å²) in [5.74, 6) is 0. The first-order valence-electron chi connectivity index (χ1n) is 6.36. The summed E-state index contributed by atoms with van der Waals surface area (Å²) in [4.78, 5) is 12.4. The molecule has 0 amide bonds. The van der Waals surface area contributed by atoms with Crippen LogP contribution in [0.5, 0.6) is 0 Å². The summed E-state index contributed by atoms with van der Waals surface area (Å²) in [6.07, 6.45) is 1.72. The lowest BCUT2D eigenvalue weighted by molar-refractivity contribution is 0.583. The maximum Gasteiger partial charge on any atom is 0.258 e. The van der Waals surface area contributed by atoms with E-state index in [1.165, 1.54) is 0 Å². The molecule has 0 aliphatic heterocycles. The first kappa shape index (κ1) is 14.3. The highest BCUT2D eigenvalue weighted by Gasteiger charge is 2.08. The van der Waals surface area contributed by atoms with Crippen LogP contribution in [-0.4, -0.2) is 10.3 Å². The Morgan fingerprint density at radius 2 is 1.95 bits per heavy atom. The maximum atomic E-state index is 12.4. The number of nitrogens with zero attached hydrogens (tertiary/aromatic N) is 4. The van der Waals surface area contributed by atoms with Crippen LogP contribution in [0.3, 0.4) is 0 Å². The predicted octanol–water partition coefficient (Wildman–Crippen LogP) is 2.40. The van der Waals surface area contributed by atoms with Crippen molar-refractivity contribution in [2.45, 2.75) is 19.9 Å². The monoisotopic (exact) mass is 279 g/mol. The molecular formula is C15H13N5O. The standard InChI is InChI=1S/C15H13N5O/c1-10(2)20-7-6-12-13(15(20)21)4-3-5-14(12)19-18-11(8-16)9-17/h3-7,10,19H,1-2H3. The van der Waals surface area contributed by atoms with E-state index in [-0.39, 0.29) is 17.3 Å². The van der Waals surface area contributed by atoms with Gasteiger partial charge in [0.1, 0.15) is 12.1 Å². The lowest BCUT2D eigenvalue weighted by atomic mass is 10.1. The molecule has 2 rings (SSSR count). The molecule has 1 N–H and O–H groups in total. The molecule has 0 saturated carbocycles. The quantitative estimate of drug-likeness (QED) is 0.689. The van der Waals surface area contributed by atoms with Gasteiger partial charge in [-0.25, -0.2) is 0 Å². The van der Waals surface area contributed by atoms with E-state index < -0.39 is 0 Å². The highest BCUT2D eigenvalue weighted by Crippen LogP contribution is 2.21. The third kappa shape index (κ3) is 2.75. The summed E-state index contributed by atoms with van der Waals surface area (Å²) in [5.41, 5.74) is 2.87. The van der Waals surface area contributed by atoms with Crippen molar-refractivity contribution in [3.05, 3.63) is 40.8 Å². The van der Waals surface area contributed by atoms with Crippen LogP contribution in [0.15, 0.2) is 40.4 Å². The van der Waals surface area contributed by atoms with Crippen molar-refractivity contribution in [1.29, 1.82) is 10.5 Å². The molecule has 0 spiro atoms. The normalized spacial score (nSPS) is 9.95. The zero-order chi connectivity index (χ0) is 15.4. The molecule has 0 fully saturated rings. The Morgan fingerprint density at radius 1 is 1.24 bits per heavy atom. The Bertz CT molecular complexity index is 833. The molecule has 1 heterocycles. The largest absolute Gasteiger partial charge is 0.312 e. The van der Waals surface area contributed by atoms with Crippen LogP contribution in [0, 0.1) is 22.7 Å². The molecule has 1 aromatic heterocycles. The van der Waals surface area contributed by atoms with Crippen molar-refractivity contribution in [3.8, 4) is 12.1 Å². The van der Waals surface area contributed by atoms with Crippen molar-refractivity contribution < 1.29 is 0 Å². The van der Waals surface area contributed by atoms with Crippen molar-refractivity contribution in [1.82, 2.24) is 4.57 Å². The van der Waals surface area contributed by atoms with Gasteiger partial charge in [-0.2, -0.15) is 15.6 Å². The van der Waals surface area contributed by atoms with Gasteiger partial charge < -0.3 is 4.57 Å². The van der Waals surface area contributed by atoms with Crippen LogP contribution in [0.2, 0.25) is 0 Å². The lowest BCUT2D eigenvalue weighted by Crippen LogP contribution is -2.21. The van der Waals surface area contributed by atoms with Gasteiger partial charge in [-0.15, -0.1) is 0 Å². The molecule has 0 radical (unpaired) electrons. The topological polar surface area (TPSA) is 94.0 Å². The molecule has 1 aromatic carbocycles. The number of anilines is 1. The minimum absolute atomic E-state index is 0.0697. The fourth-order valence-corrected chi connectivity index (χ4v) is 1.99. The highest BCUT2D eigenvalue weighted by atomic mass is 16.1. The Balaban J connectivity index is 2.57. The molecular weight excluding hydrogens is 266 g/mol. The van der Waals surface area contributed by atoms with Gasteiger partial charge in [0.2, 0.25) is 5.71 Å². The molecule has 0 saturated heterocycles. The minimum Gasteiger partial charge on any atom is -0.312 e. The molecule has 6 heteroatoms. The molecule has 0 aliphatic carbocycles. The number of rotatable bonds is 3. The first-order chi connectivity index (χ1) is 10.1. The van der Waals surface area contributed by atoms with Crippen molar-refractivity contribution in [2.24, 2.45) is 5.10 Å². The van der Waals surface area contributed by atoms with E-state index in [1.807, 2.05) is 19.9 Å². The van der Waals surface area contributed by atoms with Gasteiger partial charge in [0.05, 0.1) is 5.69 Å². The number of hydrazone groups is 1. The summed E-state index contributed by atoms with van der Waals surface area (Å²) in [5, 5.41) is 22.3. The molecule has 0 atom stereocenters. The summed E-state index contributed by atoms with van der Waals surface area (Å²) < 4.78 is 1.64. The van der Waals surface area contributed by atoms with Crippen molar-refractivity contribution in [3.63, 3.8) is 0 Å². The van der Waals surface area contributed by atoms with Gasteiger partial charge in [0.25, 0.3) is 5.56 Å². The van der Waals surface area contributed by atoms with E-state index >= 15 is 0 Å². The number of nitrogens with one attached hydrogen (secondary N) is 1. The van der Waals surface area contributed by atoms with Crippen LogP contribution >= 0.6 is 0 Å². The number of hydrogen-bond acceptors (Lipinski definition) is 5. The Hall–Kier alpha value is -3.12. The molecule has 0 bridgehead atoms. The first-order valence-corrected chi connectivity index (χ1v) is 6.36. The lowest BCUT2D eigenvalue weighted by Gasteiger charge is -2.12. The van der Waals surface area contributed by atoms with Crippen LogP contribution < -0.4 is 11.0 Å². The fourth-order valence-electron chi connectivity index (χ4n) is 1.99. The van der Waals surface area contributed by atoms with Crippen molar-refractivity contribution >= 4 is 22.2 Å². The number of pyridine rings is 1. The van der Waals surface area contributed by atoms with E-state index in [9.17, 15) is 4.79 Å². The smallest absolute Gasteiger partial charge is 0.258 e. The molecule has 104 valence electrons. The summed E-state index contributed by atoms with van der Waals surface area (Å²) in [6.45, 7) is 3.87. The summed E-state index contributed by atoms with van der Waals surface area (Å²) in [7, 11) is 0. The molecule has 0 unspecified atom stereocenters. The second-order valence-electron chi connectivity index (χ2n) is 4.68. The number of nitriles is 2. The Morgan fingerprint density at radius 3 is 2.57 bits per heavy atom. The van der Waals surface area contributed by atoms with Gasteiger partial charge in [-0.05, 0) is 32.0 Å². The number of benzene rings is 1.